The Bertz CT molecular complexity index is 307. The SMILES string of the molecule is CC(=O)c1ccc(Br)c(CBr)c1. The van der Waals surface area contributed by atoms with Gasteiger partial charge >= 0.3 is 0 Å². The van der Waals surface area contributed by atoms with Crippen LogP contribution in [0.15, 0.2) is 22.7 Å². The van der Waals surface area contributed by atoms with Crippen LogP contribution in [0.3, 0.4) is 0 Å². The van der Waals surface area contributed by atoms with Crippen molar-refractivity contribution in [1.82, 2.24) is 0 Å². The van der Waals surface area contributed by atoms with E-state index in [9.17, 15) is 4.79 Å². The van der Waals surface area contributed by atoms with E-state index in [0.717, 1.165) is 20.9 Å². The van der Waals surface area contributed by atoms with E-state index in [1.54, 1.807) is 6.92 Å². The Kier molecular flexibility index (Phi) is 3.47. The average Bonchev–Trinajstić information content (AvgIpc) is 2.05. The number of Topliss-reactive ketones (excluding diaryl/α,β-unsaturated/α-hetero) is 1. The van der Waals surface area contributed by atoms with Crippen molar-refractivity contribution in [2.45, 2.75) is 12.3 Å². The molecular formula is C9H8Br2O. The zero-order valence-electron chi connectivity index (χ0n) is 6.60. The summed E-state index contributed by atoms with van der Waals surface area (Å²) in [5.74, 6) is 0.102. The second kappa shape index (κ2) is 4.19. The van der Waals surface area contributed by atoms with Gasteiger partial charge in [0.25, 0.3) is 0 Å². The minimum atomic E-state index is 0.102. The van der Waals surface area contributed by atoms with Crippen molar-refractivity contribution in [3.63, 3.8) is 0 Å². The summed E-state index contributed by atoms with van der Waals surface area (Å²) < 4.78 is 1.03. The maximum atomic E-state index is 11.0. The highest BCUT2D eigenvalue weighted by Crippen LogP contribution is 2.20. The van der Waals surface area contributed by atoms with Crippen LogP contribution in [-0.2, 0) is 5.33 Å². The molecule has 64 valence electrons. The van der Waals surface area contributed by atoms with E-state index in [0.29, 0.717) is 0 Å². The first kappa shape index (κ1) is 9.93. The summed E-state index contributed by atoms with van der Waals surface area (Å²) in [6, 6.07) is 5.60. The Morgan fingerprint density at radius 2 is 2.17 bits per heavy atom. The third-order valence-electron chi connectivity index (χ3n) is 1.60. The molecule has 3 heteroatoms. The number of carbonyl (C=O) groups excluding carboxylic acids is 1. The minimum absolute atomic E-state index is 0.102. The van der Waals surface area contributed by atoms with E-state index in [1.165, 1.54) is 0 Å². The van der Waals surface area contributed by atoms with Crippen molar-refractivity contribution in [2.75, 3.05) is 0 Å². The normalized spacial score (nSPS) is 9.92. The summed E-state index contributed by atoms with van der Waals surface area (Å²) in [6.45, 7) is 1.57. The van der Waals surface area contributed by atoms with Crippen LogP contribution in [0.4, 0.5) is 0 Å². The smallest absolute Gasteiger partial charge is 0.159 e. The van der Waals surface area contributed by atoms with Crippen LogP contribution in [0.1, 0.15) is 22.8 Å². The maximum absolute atomic E-state index is 11.0. The third-order valence-corrected chi connectivity index (χ3v) is 2.97. The van der Waals surface area contributed by atoms with Crippen molar-refractivity contribution in [3.05, 3.63) is 33.8 Å². The Balaban J connectivity index is 3.13. The molecule has 0 aliphatic rings. The Morgan fingerprint density at radius 1 is 1.50 bits per heavy atom. The highest BCUT2D eigenvalue weighted by atomic mass is 79.9. The van der Waals surface area contributed by atoms with Crippen LogP contribution >= 0.6 is 31.9 Å². The predicted molar refractivity (Wildman–Crippen MR) is 56.8 cm³/mol. The number of halogens is 2. The Morgan fingerprint density at radius 3 is 2.67 bits per heavy atom. The standard InChI is InChI=1S/C9H8Br2O/c1-6(12)7-2-3-9(11)8(4-7)5-10/h2-4H,5H2,1H3. The van der Waals surface area contributed by atoms with Gasteiger partial charge < -0.3 is 0 Å². The first-order chi connectivity index (χ1) is 5.65. The molecule has 1 aromatic carbocycles. The molecule has 0 atom stereocenters. The maximum Gasteiger partial charge on any atom is 0.159 e. The average molecular weight is 292 g/mol. The van der Waals surface area contributed by atoms with Crippen molar-refractivity contribution in [2.24, 2.45) is 0 Å². The fourth-order valence-corrected chi connectivity index (χ4v) is 2.12. The summed E-state index contributed by atoms with van der Waals surface area (Å²) in [6.07, 6.45) is 0. The predicted octanol–water partition coefficient (Wildman–Crippen LogP) is 3.55. The highest BCUT2D eigenvalue weighted by Gasteiger charge is 2.02. The zero-order valence-corrected chi connectivity index (χ0v) is 9.78. The largest absolute Gasteiger partial charge is 0.295 e. The molecule has 0 saturated carbocycles. The van der Waals surface area contributed by atoms with Crippen LogP contribution in [0, 0.1) is 0 Å². The zero-order chi connectivity index (χ0) is 9.14. The number of ketones is 1. The van der Waals surface area contributed by atoms with Gasteiger partial charge in [-0.25, -0.2) is 0 Å². The fourth-order valence-electron chi connectivity index (χ4n) is 0.896. The molecule has 0 aliphatic heterocycles. The van der Waals surface area contributed by atoms with E-state index in [2.05, 4.69) is 31.9 Å². The number of rotatable bonds is 2. The molecule has 0 saturated heterocycles. The van der Waals surface area contributed by atoms with Crippen LogP contribution in [-0.4, -0.2) is 5.78 Å². The second-order valence-corrected chi connectivity index (χ2v) is 3.91. The molecule has 0 aliphatic carbocycles. The van der Waals surface area contributed by atoms with Gasteiger partial charge in [-0.15, -0.1) is 0 Å². The number of benzene rings is 1. The third kappa shape index (κ3) is 2.17. The van der Waals surface area contributed by atoms with Crippen LogP contribution in [0.2, 0.25) is 0 Å². The first-order valence-electron chi connectivity index (χ1n) is 3.50. The summed E-state index contributed by atoms with van der Waals surface area (Å²) >= 11 is 6.75. The van der Waals surface area contributed by atoms with Crippen LogP contribution in [0.25, 0.3) is 0 Å². The lowest BCUT2D eigenvalue weighted by atomic mass is 10.1. The molecule has 0 unspecified atom stereocenters. The topological polar surface area (TPSA) is 17.1 Å². The van der Waals surface area contributed by atoms with Gasteiger partial charge in [0.15, 0.2) is 5.78 Å². The molecule has 0 aromatic heterocycles. The molecule has 0 fully saturated rings. The van der Waals surface area contributed by atoms with E-state index < -0.39 is 0 Å². The molecule has 1 aromatic rings. The van der Waals surface area contributed by atoms with Gasteiger partial charge in [0, 0.05) is 15.4 Å². The number of alkyl halides is 1. The molecule has 12 heavy (non-hydrogen) atoms. The monoisotopic (exact) mass is 290 g/mol. The van der Waals surface area contributed by atoms with Crippen molar-refractivity contribution in [3.8, 4) is 0 Å². The van der Waals surface area contributed by atoms with Crippen LogP contribution in [0.5, 0.6) is 0 Å². The molecule has 0 bridgehead atoms. The van der Waals surface area contributed by atoms with Crippen molar-refractivity contribution < 1.29 is 4.79 Å². The second-order valence-electron chi connectivity index (χ2n) is 2.50. The van der Waals surface area contributed by atoms with E-state index in [4.69, 9.17) is 0 Å². The molecule has 0 spiro atoms. The number of hydrogen-bond acceptors (Lipinski definition) is 1. The van der Waals surface area contributed by atoms with Gasteiger partial charge in [-0.05, 0) is 24.6 Å². The van der Waals surface area contributed by atoms with Crippen molar-refractivity contribution >= 4 is 37.6 Å². The molecular weight excluding hydrogens is 284 g/mol. The number of carbonyl (C=O) groups is 1. The molecule has 0 amide bonds. The lowest BCUT2D eigenvalue weighted by molar-refractivity contribution is 0.101. The molecule has 1 nitrogen and oxygen atoms in total. The van der Waals surface area contributed by atoms with Gasteiger partial charge in [-0.2, -0.15) is 0 Å². The van der Waals surface area contributed by atoms with Gasteiger partial charge in [0.1, 0.15) is 0 Å². The van der Waals surface area contributed by atoms with Gasteiger partial charge in [-0.1, -0.05) is 37.9 Å². The summed E-state index contributed by atoms with van der Waals surface area (Å²) in [5, 5.41) is 0.759. The molecule has 0 radical (unpaired) electrons. The Hall–Kier alpha value is -0.150. The van der Waals surface area contributed by atoms with Crippen LogP contribution < -0.4 is 0 Å². The number of hydrogen-bond donors (Lipinski definition) is 0. The molecule has 0 N–H and O–H groups in total. The minimum Gasteiger partial charge on any atom is -0.295 e. The van der Waals surface area contributed by atoms with Gasteiger partial charge in [0.05, 0.1) is 0 Å². The van der Waals surface area contributed by atoms with Crippen molar-refractivity contribution in [1.29, 1.82) is 0 Å². The summed E-state index contributed by atoms with van der Waals surface area (Å²) in [7, 11) is 0. The fraction of sp³-hybridized carbons (Fsp3) is 0.222. The van der Waals surface area contributed by atoms with E-state index >= 15 is 0 Å². The van der Waals surface area contributed by atoms with E-state index in [-0.39, 0.29) is 5.78 Å². The van der Waals surface area contributed by atoms with E-state index in [1.807, 2.05) is 18.2 Å². The molecule has 0 heterocycles. The first-order valence-corrected chi connectivity index (χ1v) is 5.42. The highest BCUT2D eigenvalue weighted by molar-refractivity contribution is 9.10. The lowest BCUT2D eigenvalue weighted by Gasteiger charge is -2.01. The summed E-state index contributed by atoms with van der Waals surface area (Å²) in [4.78, 5) is 11.0. The van der Waals surface area contributed by atoms with Gasteiger partial charge in [-0.3, -0.25) is 4.79 Å². The summed E-state index contributed by atoms with van der Waals surface area (Å²) in [5.41, 5.74) is 1.86. The quantitative estimate of drug-likeness (QED) is 0.602. The van der Waals surface area contributed by atoms with Gasteiger partial charge in [0.2, 0.25) is 0 Å². The molecule has 1 rings (SSSR count). The lowest BCUT2D eigenvalue weighted by Crippen LogP contribution is -1.93. The Labute approximate surface area is 88.4 Å².